The Labute approximate surface area is 165 Å². The predicted molar refractivity (Wildman–Crippen MR) is 112 cm³/mol. The van der Waals surface area contributed by atoms with E-state index in [1.165, 1.54) is 0 Å². The molecule has 0 aliphatic heterocycles. The van der Waals surface area contributed by atoms with Crippen LogP contribution >= 0.6 is 0 Å². The third-order valence-corrected chi connectivity index (χ3v) is 5.76. The van der Waals surface area contributed by atoms with Crippen molar-refractivity contribution in [2.45, 2.75) is 25.7 Å². The van der Waals surface area contributed by atoms with E-state index in [1.807, 2.05) is 39.0 Å². The Morgan fingerprint density at radius 3 is 1.96 bits per heavy atom. The summed E-state index contributed by atoms with van der Waals surface area (Å²) in [5, 5.41) is 2.84. The van der Waals surface area contributed by atoms with Crippen molar-refractivity contribution in [1.29, 1.82) is 0 Å². The largest absolute Gasteiger partial charge is 0.322 e. The van der Waals surface area contributed by atoms with Crippen LogP contribution in [0.2, 0.25) is 0 Å². The third kappa shape index (κ3) is 4.58. The minimum absolute atomic E-state index is 0.199. The van der Waals surface area contributed by atoms with E-state index >= 15 is 0 Å². The molecule has 5 nitrogen and oxygen atoms in total. The van der Waals surface area contributed by atoms with E-state index in [0.29, 0.717) is 16.9 Å². The zero-order valence-corrected chi connectivity index (χ0v) is 16.8. The van der Waals surface area contributed by atoms with Crippen LogP contribution in [0.4, 0.5) is 11.4 Å². The van der Waals surface area contributed by atoms with Crippen molar-refractivity contribution >= 4 is 27.3 Å². The average molecular weight is 394 g/mol. The van der Waals surface area contributed by atoms with E-state index in [9.17, 15) is 13.2 Å². The minimum atomic E-state index is -3.66. The van der Waals surface area contributed by atoms with Gasteiger partial charge >= 0.3 is 0 Å². The number of anilines is 2. The molecule has 3 rings (SSSR count). The average Bonchev–Trinajstić information content (AvgIpc) is 2.65. The lowest BCUT2D eigenvalue weighted by Gasteiger charge is -2.11. The van der Waals surface area contributed by atoms with Gasteiger partial charge in [-0.3, -0.25) is 9.52 Å². The van der Waals surface area contributed by atoms with Crippen LogP contribution < -0.4 is 10.0 Å². The van der Waals surface area contributed by atoms with Crippen LogP contribution in [-0.4, -0.2) is 14.3 Å². The van der Waals surface area contributed by atoms with Gasteiger partial charge in [-0.25, -0.2) is 8.42 Å². The van der Waals surface area contributed by atoms with E-state index in [0.717, 1.165) is 16.7 Å². The Morgan fingerprint density at radius 2 is 1.32 bits per heavy atom. The first-order valence-electron chi connectivity index (χ1n) is 8.83. The number of aryl methyl sites for hydroxylation is 3. The summed E-state index contributed by atoms with van der Waals surface area (Å²) in [6.45, 7) is 5.72. The van der Waals surface area contributed by atoms with Gasteiger partial charge in [-0.15, -0.1) is 0 Å². The van der Waals surface area contributed by atoms with Gasteiger partial charge in [-0.2, -0.15) is 0 Å². The molecule has 3 aromatic carbocycles. The Kier molecular flexibility index (Phi) is 5.51. The molecule has 0 bridgehead atoms. The highest BCUT2D eigenvalue weighted by Crippen LogP contribution is 2.20. The van der Waals surface area contributed by atoms with E-state index in [4.69, 9.17) is 0 Å². The summed E-state index contributed by atoms with van der Waals surface area (Å²) in [6, 6.07) is 18.9. The van der Waals surface area contributed by atoms with Crippen LogP contribution in [0.15, 0.2) is 71.6 Å². The molecule has 3 aromatic rings. The van der Waals surface area contributed by atoms with Crippen LogP contribution in [0.3, 0.4) is 0 Å². The van der Waals surface area contributed by atoms with Gasteiger partial charge in [0.15, 0.2) is 0 Å². The van der Waals surface area contributed by atoms with Crippen molar-refractivity contribution in [3.63, 3.8) is 0 Å². The summed E-state index contributed by atoms with van der Waals surface area (Å²) >= 11 is 0. The molecule has 0 aliphatic carbocycles. The molecule has 0 spiro atoms. The smallest absolute Gasteiger partial charge is 0.261 e. The molecule has 6 heteroatoms. The second-order valence-corrected chi connectivity index (χ2v) is 8.45. The highest BCUT2D eigenvalue weighted by Gasteiger charge is 2.14. The fourth-order valence-corrected chi connectivity index (χ4v) is 3.79. The standard InChI is InChI=1S/C22H22N2O3S/c1-15-5-12-20(13-6-15)28(26,27)24-19-10-8-18(9-11-19)23-22(25)21-14-16(2)4-7-17(21)3/h4-14,24H,1-3H3,(H,23,25). The number of benzene rings is 3. The molecule has 28 heavy (non-hydrogen) atoms. The van der Waals surface area contributed by atoms with Gasteiger partial charge in [0.05, 0.1) is 4.90 Å². The van der Waals surface area contributed by atoms with Gasteiger partial charge in [-0.05, 0) is 68.8 Å². The topological polar surface area (TPSA) is 75.3 Å². The zero-order chi connectivity index (χ0) is 20.3. The number of sulfonamides is 1. The fourth-order valence-electron chi connectivity index (χ4n) is 2.73. The quantitative estimate of drug-likeness (QED) is 0.661. The van der Waals surface area contributed by atoms with Crippen LogP contribution in [0.5, 0.6) is 0 Å². The first-order valence-corrected chi connectivity index (χ1v) is 10.3. The third-order valence-electron chi connectivity index (χ3n) is 4.36. The molecule has 0 radical (unpaired) electrons. The van der Waals surface area contributed by atoms with Crippen molar-refractivity contribution < 1.29 is 13.2 Å². The minimum Gasteiger partial charge on any atom is -0.322 e. The van der Waals surface area contributed by atoms with Gasteiger partial charge in [0.1, 0.15) is 0 Å². The maximum absolute atomic E-state index is 12.5. The molecular weight excluding hydrogens is 372 g/mol. The maximum Gasteiger partial charge on any atom is 0.261 e. The van der Waals surface area contributed by atoms with E-state index in [-0.39, 0.29) is 10.8 Å². The number of hydrogen-bond donors (Lipinski definition) is 2. The number of carbonyl (C=O) groups is 1. The lowest BCUT2D eigenvalue weighted by atomic mass is 10.1. The highest BCUT2D eigenvalue weighted by molar-refractivity contribution is 7.92. The number of nitrogens with one attached hydrogen (secondary N) is 2. The molecule has 0 aliphatic rings. The first-order chi connectivity index (χ1) is 13.2. The lowest BCUT2D eigenvalue weighted by Crippen LogP contribution is -2.14. The molecule has 0 atom stereocenters. The Balaban J connectivity index is 1.72. The van der Waals surface area contributed by atoms with Crippen molar-refractivity contribution in [1.82, 2.24) is 0 Å². The predicted octanol–water partition coefficient (Wildman–Crippen LogP) is 4.66. The van der Waals surface area contributed by atoms with Crippen LogP contribution in [0, 0.1) is 20.8 Å². The van der Waals surface area contributed by atoms with E-state index < -0.39 is 10.0 Å². The fraction of sp³-hybridized carbons (Fsp3) is 0.136. The molecule has 0 unspecified atom stereocenters. The van der Waals surface area contributed by atoms with Crippen LogP contribution in [0.25, 0.3) is 0 Å². The Hall–Kier alpha value is -3.12. The summed E-state index contributed by atoms with van der Waals surface area (Å²) in [4.78, 5) is 12.7. The summed E-state index contributed by atoms with van der Waals surface area (Å²) < 4.78 is 27.4. The molecule has 0 heterocycles. The maximum atomic E-state index is 12.5. The summed E-state index contributed by atoms with van der Waals surface area (Å²) in [5.74, 6) is -0.200. The summed E-state index contributed by atoms with van der Waals surface area (Å²) in [5.41, 5.74) is 4.52. The van der Waals surface area contributed by atoms with Crippen LogP contribution in [0.1, 0.15) is 27.0 Å². The number of amides is 1. The molecule has 144 valence electrons. The SMILES string of the molecule is Cc1ccc(S(=O)(=O)Nc2ccc(NC(=O)c3cc(C)ccc3C)cc2)cc1. The van der Waals surface area contributed by atoms with Crippen molar-refractivity contribution in [2.24, 2.45) is 0 Å². The highest BCUT2D eigenvalue weighted by atomic mass is 32.2. The second kappa shape index (κ2) is 7.86. The Morgan fingerprint density at radius 1 is 0.750 bits per heavy atom. The number of rotatable bonds is 5. The second-order valence-electron chi connectivity index (χ2n) is 6.77. The van der Waals surface area contributed by atoms with Crippen molar-refractivity contribution in [3.8, 4) is 0 Å². The van der Waals surface area contributed by atoms with Gasteiger partial charge in [0.25, 0.3) is 15.9 Å². The monoisotopic (exact) mass is 394 g/mol. The molecule has 0 saturated heterocycles. The van der Waals surface area contributed by atoms with Crippen LogP contribution in [-0.2, 0) is 10.0 Å². The van der Waals surface area contributed by atoms with Gasteiger partial charge in [0, 0.05) is 16.9 Å². The zero-order valence-electron chi connectivity index (χ0n) is 16.0. The molecule has 1 amide bonds. The molecule has 0 aromatic heterocycles. The Bertz CT molecular complexity index is 1100. The molecule has 0 fully saturated rings. The normalized spacial score (nSPS) is 11.1. The first kappa shape index (κ1) is 19.6. The molecule has 2 N–H and O–H groups in total. The molecule has 0 saturated carbocycles. The number of hydrogen-bond acceptors (Lipinski definition) is 3. The van der Waals surface area contributed by atoms with E-state index in [1.54, 1.807) is 48.5 Å². The lowest BCUT2D eigenvalue weighted by molar-refractivity contribution is 0.102. The van der Waals surface area contributed by atoms with Gasteiger partial charge < -0.3 is 5.32 Å². The van der Waals surface area contributed by atoms with Gasteiger partial charge in [-0.1, -0.05) is 35.4 Å². The van der Waals surface area contributed by atoms with Crippen molar-refractivity contribution in [3.05, 3.63) is 89.0 Å². The van der Waals surface area contributed by atoms with Gasteiger partial charge in [0.2, 0.25) is 0 Å². The number of carbonyl (C=O) groups excluding carboxylic acids is 1. The van der Waals surface area contributed by atoms with Crippen molar-refractivity contribution in [2.75, 3.05) is 10.0 Å². The van der Waals surface area contributed by atoms with E-state index in [2.05, 4.69) is 10.0 Å². The summed E-state index contributed by atoms with van der Waals surface area (Å²) in [7, 11) is -3.66. The molecular formula is C22H22N2O3S. The summed E-state index contributed by atoms with van der Waals surface area (Å²) in [6.07, 6.45) is 0.